The number of rotatable bonds is 11. The van der Waals surface area contributed by atoms with Crippen LogP contribution in [-0.4, -0.2) is 52.3 Å². The van der Waals surface area contributed by atoms with E-state index in [0.717, 1.165) is 6.07 Å². The number of hydrogen-bond donors (Lipinski definition) is 0. The maximum Gasteiger partial charge on any atom is 1.00 e. The zero-order valence-corrected chi connectivity index (χ0v) is 26.0. The topological polar surface area (TPSA) is 173 Å². The van der Waals surface area contributed by atoms with Crippen LogP contribution in [0.5, 0.6) is 23.0 Å². The number of ether oxygens (including phenoxy) is 5. The van der Waals surface area contributed by atoms with Crippen molar-refractivity contribution < 1.29 is 88.8 Å². The number of esters is 2. The van der Waals surface area contributed by atoms with Gasteiger partial charge in [-0.25, -0.2) is 18.0 Å². The largest absolute Gasteiger partial charge is 1.00 e. The van der Waals surface area contributed by atoms with Crippen LogP contribution in [0.3, 0.4) is 0 Å². The average Bonchev–Trinajstić information content (AvgIpc) is 3.40. The van der Waals surface area contributed by atoms with Crippen molar-refractivity contribution in [3.63, 3.8) is 0 Å². The van der Waals surface area contributed by atoms with Gasteiger partial charge in [0.2, 0.25) is 0 Å². The molecule has 0 radical (unpaired) electrons. The first-order valence-corrected chi connectivity index (χ1v) is 13.2. The molecule has 4 rings (SSSR count). The van der Waals surface area contributed by atoms with E-state index in [2.05, 4.69) is 4.18 Å². The van der Waals surface area contributed by atoms with E-state index in [4.69, 9.17) is 32.5 Å². The van der Waals surface area contributed by atoms with Crippen molar-refractivity contribution in [2.24, 2.45) is 0 Å². The molecule has 0 saturated carbocycles. The van der Waals surface area contributed by atoms with Crippen molar-refractivity contribution >= 4 is 44.3 Å². The fraction of sp³-hybridized carbons (Fsp3) is 0.308. The molecule has 0 saturated heterocycles. The summed E-state index contributed by atoms with van der Waals surface area (Å²) in [5.74, 6) is -1.12. The van der Waals surface area contributed by atoms with Crippen LogP contribution in [0.1, 0.15) is 46.1 Å². The van der Waals surface area contributed by atoms with Gasteiger partial charge in [-0.2, -0.15) is 0 Å². The second-order valence-electron chi connectivity index (χ2n) is 8.15. The van der Waals surface area contributed by atoms with Crippen LogP contribution in [0.4, 0.5) is 0 Å². The molecule has 0 atom stereocenters. The molecule has 2 aromatic heterocycles. The minimum atomic E-state index is -5.15. The SMILES string of the molecule is CCOC(=O)c1c(C)oc2cc(OC)c(OCc3oc4cc(OC)c(OS(=O)(=O)[O-])cc4c3C(=O)OCC)cc12.[Na+]. The van der Waals surface area contributed by atoms with E-state index >= 15 is 0 Å². The Bertz CT molecular complexity index is 1700. The van der Waals surface area contributed by atoms with E-state index in [1.165, 1.54) is 26.4 Å². The predicted octanol–water partition coefficient (Wildman–Crippen LogP) is 1.28. The zero-order valence-electron chi connectivity index (χ0n) is 23.1. The van der Waals surface area contributed by atoms with E-state index in [-0.39, 0.29) is 94.5 Å². The van der Waals surface area contributed by atoms with Crippen LogP contribution < -0.4 is 48.0 Å². The molecule has 0 bridgehead atoms. The molecule has 0 aliphatic carbocycles. The molecule has 41 heavy (non-hydrogen) atoms. The number of benzene rings is 2. The van der Waals surface area contributed by atoms with Crippen molar-refractivity contribution in [3.05, 3.63) is 46.9 Å². The van der Waals surface area contributed by atoms with Crippen molar-refractivity contribution in [1.82, 2.24) is 0 Å². The van der Waals surface area contributed by atoms with Crippen LogP contribution >= 0.6 is 0 Å². The van der Waals surface area contributed by atoms with Crippen LogP contribution in [0.15, 0.2) is 33.1 Å². The first kappa shape index (κ1) is 32.1. The Kier molecular flexibility index (Phi) is 10.2. The third-order valence-corrected chi connectivity index (χ3v) is 6.09. The number of carbonyl (C=O) groups excluding carboxylic acids is 2. The third-order valence-electron chi connectivity index (χ3n) is 5.71. The van der Waals surface area contributed by atoms with Gasteiger partial charge in [-0.15, -0.1) is 0 Å². The fourth-order valence-corrected chi connectivity index (χ4v) is 4.47. The summed E-state index contributed by atoms with van der Waals surface area (Å²) in [5.41, 5.74) is 0.618. The van der Waals surface area contributed by atoms with Gasteiger partial charge in [-0.3, -0.25) is 0 Å². The number of hydrogen-bond acceptors (Lipinski definition) is 13. The molecule has 0 N–H and O–H groups in total. The first-order chi connectivity index (χ1) is 19.0. The first-order valence-electron chi connectivity index (χ1n) is 11.9. The summed E-state index contributed by atoms with van der Waals surface area (Å²) in [7, 11) is -2.51. The summed E-state index contributed by atoms with van der Waals surface area (Å²) in [6.45, 7) is 4.79. The molecule has 0 aliphatic heterocycles. The van der Waals surface area contributed by atoms with Gasteiger partial charge in [-0.05, 0) is 32.9 Å². The van der Waals surface area contributed by atoms with Crippen molar-refractivity contribution in [3.8, 4) is 23.0 Å². The fourth-order valence-electron chi connectivity index (χ4n) is 4.12. The molecule has 15 heteroatoms. The van der Waals surface area contributed by atoms with Crippen molar-refractivity contribution in [2.45, 2.75) is 27.4 Å². The van der Waals surface area contributed by atoms with Crippen molar-refractivity contribution in [2.75, 3.05) is 27.4 Å². The number of methoxy groups -OCH3 is 2. The van der Waals surface area contributed by atoms with E-state index in [0.29, 0.717) is 16.7 Å². The van der Waals surface area contributed by atoms with Gasteiger partial charge in [0.1, 0.15) is 34.7 Å². The Hall–Kier alpha value is -3.43. The molecule has 0 spiro atoms. The summed E-state index contributed by atoms with van der Waals surface area (Å²) in [4.78, 5) is 25.4. The summed E-state index contributed by atoms with van der Waals surface area (Å²) < 4.78 is 76.5. The third kappa shape index (κ3) is 6.73. The van der Waals surface area contributed by atoms with Gasteiger partial charge in [0.05, 0.1) is 27.4 Å². The quantitative estimate of drug-likeness (QED) is 0.104. The van der Waals surface area contributed by atoms with Crippen LogP contribution in [-0.2, 0) is 26.5 Å². The summed E-state index contributed by atoms with van der Waals surface area (Å²) in [6.07, 6.45) is 0. The maximum absolute atomic E-state index is 12.9. The van der Waals surface area contributed by atoms with Crippen LogP contribution in [0, 0.1) is 6.92 Å². The van der Waals surface area contributed by atoms with Gasteiger partial charge >= 0.3 is 41.5 Å². The second kappa shape index (κ2) is 13.0. The normalized spacial score (nSPS) is 11.2. The molecular weight excluding hydrogens is 575 g/mol. The Labute approximate surface area is 256 Å². The summed E-state index contributed by atoms with van der Waals surface area (Å²) >= 11 is 0. The van der Waals surface area contributed by atoms with E-state index < -0.39 is 28.1 Å². The molecule has 4 aromatic rings. The number of carbonyl (C=O) groups is 2. The number of furan rings is 2. The Morgan fingerprint density at radius 1 is 0.805 bits per heavy atom. The van der Waals surface area contributed by atoms with E-state index in [9.17, 15) is 22.6 Å². The van der Waals surface area contributed by atoms with Crippen molar-refractivity contribution in [1.29, 1.82) is 0 Å². The molecule has 13 nitrogen and oxygen atoms in total. The minimum absolute atomic E-state index is 0. The number of aryl methyl sites for hydroxylation is 1. The molecule has 0 fully saturated rings. The van der Waals surface area contributed by atoms with E-state index in [1.807, 2.05) is 0 Å². The smallest absolute Gasteiger partial charge is 0.716 e. The monoisotopic (exact) mass is 600 g/mol. The van der Waals surface area contributed by atoms with Crippen LogP contribution in [0.2, 0.25) is 0 Å². The zero-order chi connectivity index (χ0) is 29.2. The number of fused-ring (bicyclic) bond motifs is 2. The molecule has 214 valence electrons. The Morgan fingerprint density at radius 3 is 1.88 bits per heavy atom. The maximum atomic E-state index is 12.9. The molecular formula is C26H25NaO13S. The summed E-state index contributed by atoms with van der Waals surface area (Å²) in [5, 5.41) is 0.515. The molecule has 0 amide bonds. The average molecular weight is 601 g/mol. The van der Waals surface area contributed by atoms with Gasteiger partial charge < -0.3 is 41.3 Å². The minimum Gasteiger partial charge on any atom is -0.716 e. The molecule has 2 heterocycles. The Morgan fingerprint density at radius 2 is 1.32 bits per heavy atom. The molecule has 0 aliphatic rings. The standard InChI is InChI=1S/C26H26O13S.Na/c1-6-34-25(27)23-13(3)37-16-10-18(32-4)20(8-14(16)23)36-12-22-24(26(28)35-7-2)15-9-21(39-40(29,30)31)19(33-5)11-17(15)38-22;/h8-11H,6-7,12H2,1-5H3,(H,29,30,31);/q;+1/p-1. The predicted molar refractivity (Wildman–Crippen MR) is 137 cm³/mol. The van der Waals surface area contributed by atoms with Gasteiger partial charge in [0, 0.05) is 22.9 Å². The summed E-state index contributed by atoms with van der Waals surface area (Å²) in [6, 6.07) is 5.46. The van der Waals surface area contributed by atoms with E-state index in [1.54, 1.807) is 26.8 Å². The van der Waals surface area contributed by atoms with Gasteiger partial charge in [0.15, 0.2) is 28.8 Å². The second-order valence-corrected chi connectivity index (χ2v) is 9.14. The molecule has 0 unspecified atom stereocenters. The van der Waals surface area contributed by atoms with Gasteiger partial charge in [-0.1, -0.05) is 0 Å². The van der Waals surface area contributed by atoms with Crippen LogP contribution in [0.25, 0.3) is 21.9 Å². The Balaban J connectivity index is 0.00000462. The van der Waals surface area contributed by atoms with Gasteiger partial charge in [0.25, 0.3) is 10.4 Å². The molecule has 2 aromatic carbocycles.